The molecule has 0 saturated carbocycles. The highest BCUT2D eigenvalue weighted by Gasteiger charge is 2.27. The highest BCUT2D eigenvalue weighted by molar-refractivity contribution is 5.94. The van der Waals surface area contributed by atoms with E-state index in [1.54, 1.807) is 0 Å². The van der Waals surface area contributed by atoms with Gasteiger partial charge in [0, 0.05) is 48.5 Å². The second kappa shape index (κ2) is 7.59. The number of aromatic amines is 1. The number of aliphatic hydroxyl groups excluding tert-OH is 2. The number of nitrogens with zero attached hydrogens (tertiary/aromatic N) is 5. The summed E-state index contributed by atoms with van der Waals surface area (Å²) in [6.45, 7) is 2.44. The first-order valence-electron chi connectivity index (χ1n) is 10.9. The van der Waals surface area contributed by atoms with Crippen LogP contribution in [0.15, 0.2) is 54.9 Å². The van der Waals surface area contributed by atoms with Crippen LogP contribution in [0.25, 0.3) is 33.5 Å². The molecule has 8 nitrogen and oxygen atoms in total. The van der Waals surface area contributed by atoms with Crippen LogP contribution in [0.1, 0.15) is 5.56 Å². The van der Waals surface area contributed by atoms with Gasteiger partial charge in [0.25, 0.3) is 0 Å². The molecule has 4 aromatic rings. The van der Waals surface area contributed by atoms with Gasteiger partial charge < -0.3 is 25.0 Å². The molecular weight excluding hydrogens is 416 g/mol. The van der Waals surface area contributed by atoms with Crippen LogP contribution >= 0.6 is 0 Å². The van der Waals surface area contributed by atoms with Crippen LogP contribution in [0.3, 0.4) is 0 Å². The fourth-order valence-electron chi connectivity index (χ4n) is 4.54. The number of hydrogen-bond donors (Lipinski definition) is 3. The van der Waals surface area contributed by atoms with E-state index in [9.17, 15) is 15.5 Å². The predicted octanol–water partition coefficient (Wildman–Crippen LogP) is 2.53. The highest BCUT2D eigenvalue weighted by atomic mass is 16.3. The standard InChI is InChI=1S/C25H22N6O2/c26-9-17-7-16(3-6-23(17)31-12-20(33)13-31)24-21-8-22(29-25(21)28-14-27-24)15-1-4-18(5-2-15)30-10-19(32)11-30/h1-8,14,19-20,32-33H,10-13H2,(H,27,28,29). The molecule has 2 aromatic heterocycles. The van der Waals surface area contributed by atoms with Crippen molar-refractivity contribution in [3.05, 3.63) is 60.4 Å². The molecule has 164 valence electrons. The highest BCUT2D eigenvalue weighted by Crippen LogP contribution is 2.34. The lowest BCUT2D eigenvalue weighted by molar-refractivity contribution is 0.141. The van der Waals surface area contributed by atoms with Crippen LogP contribution in [0, 0.1) is 11.3 Å². The monoisotopic (exact) mass is 438 g/mol. The third kappa shape index (κ3) is 3.39. The molecular formula is C25H22N6O2. The number of aromatic nitrogens is 3. The third-order valence-corrected chi connectivity index (χ3v) is 6.42. The van der Waals surface area contributed by atoms with Gasteiger partial charge in [-0.3, -0.25) is 0 Å². The van der Waals surface area contributed by atoms with Crippen molar-refractivity contribution in [2.75, 3.05) is 36.0 Å². The molecule has 0 amide bonds. The van der Waals surface area contributed by atoms with E-state index in [2.05, 4.69) is 50.2 Å². The fraction of sp³-hybridized carbons (Fsp3) is 0.240. The van der Waals surface area contributed by atoms with Crippen molar-refractivity contribution in [1.29, 1.82) is 5.26 Å². The van der Waals surface area contributed by atoms with Gasteiger partial charge in [-0.1, -0.05) is 18.2 Å². The second-order valence-corrected chi connectivity index (χ2v) is 8.68. The number of rotatable bonds is 4. The van der Waals surface area contributed by atoms with Crippen molar-refractivity contribution < 1.29 is 10.2 Å². The van der Waals surface area contributed by atoms with Crippen molar-refractivity contribution in [3.8, 4) is 28.6 Å². The predicted molar refractivity (Wildman–Crippen MR) is 126 cm³/mol. The summed E-state index contributed by atoms with van der Waals surface area (Å²) in [4.78, 5) is 16.4. The van der Waals surface area contributed by atoms with Gasteiger partial charge in [-0.25, -0.2) is 9.97 Å². The molecule has 6 rings (SSSR count). The van der Waals surface area contributed by atoms with E-state index >= 15 is 0 Å². The average Bonchev–Trinajstić information content (AvgIpc) is 3.24. The van der Waals surface area contributed by atoms with Crippen LogP contribution < -0.4 is 9.80 Å². The number of fused-ring (bicyclic) bond motifs is 1. The minimum atomic E-state index is -0.331. The maximum atomic E-state index is 9.69. The van der Waals surface area contributed by atoms with Gasteiger partial charge in [0.1, 0.15) is 18.0 Å². The van der Waals surface area contributed by atoms with Gasteiger partial charge in [0.05, 0.1) is 29.2 Å². The Kier molecular flexibility index (Phi) is 4.54. The van der Waals surface area contributed by atoms with Crippen molar-refractivity contribution >= 4 is 22.4 Å². The van der Waals surface area contributed by atoms with E-state index in [1.165, 1.54) is 6.33 Å². The number of anilines is 2. The molecule has 0 bridgehead atoms. The number of β-amino-alcohol motifs (C(OH)–C–C–N with tert-alkyl or cyclic N) is 2. The van der Waals surface area contributed by atoms with E-state index in [-0.39, 0.29) is 12.2 Å². The molecule has 2 aliphatic rings. The van der Waals surface area contributed by atoms with Crippen LogP contribution in [0.5, 0.6) is 0 Å². The summed E-state index contributed by atoms with van der Waals surface area (Å²) >= 11 is 0. The van der Waals surface area contributed by atoms with E-state index in [0.29, 0.717) is 31.7 Å². The molecule has 2 saturated heterocycles. The molecule has 2 fully saturated rings. The lowest BCUT2D eigenvalue weighted by Gasteiger charge is -2.38. The Balaban J connectivity index is 1.34. The SMILES string of the molecule is N#Cc1cc(-c2ncnc3[nH]c(-c4ccc(N5CC(O)C5)cc4)cc23)ccc1N1CC(O)C1. The Bertz CT molecular complexity index is 1380. The van der Waals surface area contributed by atoms with Gasteiger partial charge in [-0.2, -0.15) is 5.26 Å². The van der Waals surface area contributed by atoms with Crippen molar-refractivity contribution in [3.63, 3.8) is 0 Å². The Hall–Kier alpha value is -3.93. The minimum Gasteiger partial charge on any atom is -0.389 e. The summed E-state index contributed by atoms with van der Waals surface area (Å²) in [6, 6.07) is 18.3. The Morgan fingerprint density at radius 3 is 2.27 bits per heavy atom. The topological polar surface area (TPSA) is 112 Å². The molecule has 0 radical (unpaired) electrons. The molecule has 33 heavy (non-hydrogen) atoms. The molecule has 4 heterocycles. The first kappa shape index (κ1) is 19.7. The fourth-order valence-corrected chi connectivity index (χ4v) is 4.54. The number of hydrogen-bond acceptors (Lipinski definition) is 7. The van der Waals surface area contributed by atoms with E-state index in [1.807, 2.05) is 29.2 Å². The van der Waals surface area contributed by atoms with Crippen LogP contribution in [0.4, 0.5) is 11.4 Å². The number of benzene rings is 2. The van der Waals surface area contributed by atoms with Crippen molar-refractivity contribution in [2.45, 2.75) is 12.2 Å². The molecule has 8 heteroatoms. The zero-order valence-corrected chi connectivity index (χ0v) is 17.8. The number of nitrogens with one attached hydrogen (secondary N) is 1. The molecule has 2 aliphatic heterocycles. The van der Waals surface area contributed by atoms with Crippen LogP contribution in [-0.4, -0.2) is 63.6 Å². The van der Waals surface area contributed by atoms with Gasteiger partial charge in [-0.15, -0.1) is 0 Å². The zero-order valence-electron chi connectivity index (χ0n) is 17.8. The molecule has 2 aromatic carbocycles. The summed E-state index contributed by atoms with van der Waals surface area (Å²) in [7, 11) is 0. The lowest BCUT2D eigenvalue weighted by Crippen LogP contribution is -2.51. The smallest absolute Gasteiger partial charge is 0.141 e. The van der Waals surface area contributed by atoms with E-state index in [4.69, 9.17) is 0 Å². The summed E-state index contributed by atoms with van der Waals surface area (Å²) in [5, 5.41) is 29.7. The summed E-state index contributed by atoms with van der Waals surface area (Å²) in [5.74, 6) is 0. The van der Waals surface area contributed by atoms with Gasteiger partial charge >= 0.3 is 0 Å². The van der Waals surface area contributed by atoms with Crippen LogP contribution in [0.2, 0.25) is 0 Å². The minimum absolute atomic E-state index is 0.233. The molecule has 0 unspecified atom stereocenters. The first-order valence-corrected chi connectivity index (χ1v) is 10.9. The van der Waals surface area contributed by atoms with Gasteiger partial charge in [-0.05, 0) is 35.9 Å². The summed E-state index contributed by atoms with van der Waals surface area (Å²) in [6.07, 6.45) is 0.966. The Morgan fingerprint density at radius 2 is 1.58 bits per heavy atom. The summed E-state index contributed by atoms with van der Waals surface area (Å²) in [5.41, 5.74) is 6.82. The molecule has 0 spiro atoms. The number of H-pyrrole nitrogens is 1. The first-order chi connectivity index (χ1) is 16.1. The Morgan fingerprint density at radius 1 is 0.879 bits per heavy atom. The van der Waals surface area contributed by atoms with E-state index < -0.39 is 0 Å². The maximum absolute atomic E-state index is 9.69. The third-order valence-electron chi connectivity index (χ3n) is 6.42. The lowest BCUT2D eigenvalue weighted by atomic mass is 10.0. The zero-order chi connectivity index (χ0) is 22.5. The Labute approximate surface area is 190 Å². The normalized spacial score (nSPS) is 16.5. The number of aliphatic hydroxyl groups is 2. The van der Waals surface area contributed by atoms with Crippen molar-refractivity contribution in [2.24, 2.45) is 0 Å². The average molecular weight is 438 g/mol. The number of nitriles is 1. The summed E-state index contributed by atoms with van der Waals surface area (Å²) < 4.78 is 0. The molecule has 3 N–H and O–H groups in total. The molecule has 0 aliphatic carbocycles. The maximum Gasteiger partial charge on any atom is 0.141 e. The quantitative estimate of drug-likeness (QED) is 0.449. The second-order valence-electron chi connectivity index (χ2n) is 8.68. The van der Waals surface area contributed by atoms with Crippen LogP contribution in [-0.2, 0) is 0 Å². The van der Waals surface area contributed by atoms with E-state index in [0.717, 1.165) is 44.9 Å². The van der Waals surface area contributed by atoms with Gasteiger partial charge in [0.2, 0.25) is 0 Å². The van der Waals surface area contributed by atoms with Gasteiger partial charge in [0.15, 0.2) is 0 Å². The largest absolute Gasteiger partial charge is 0.389 e. The van der Waals surface area contributed by atoms with Crippen molar-refractivity contribution in [1.82, 2.24) is 15.0 Å². The molecule has 0 atom stereocenters.